The fraction of sp³-hybridized carbons (Fsp3) is 0.375. The Kier molecular flexibility index (Phi) is 7.15. The van der Waals surface area contributed by atoms with Crippen LogP contribution in [0.25, 0.3) is 22.1 Å². The van der Waals surface area contributed by atoms with E-state index in [1.54, 1.807) is 31.4 Å². The third kappa shape index (κ3) is 4.40. The fourth-order valence-corrected chi connectivity index (χ4v) is 3.95. The molecule has 188 valence electrons. The monoisotopic (exact) mass is 490 g/mol. The highest BCUT2D eigenvalue weighted by Crippen LogP contribution is 2.44. The van der Waals surface area contributed by atoms with E-state index in [2.05, 4.69) is 0 Å². The van der Waals surface area contributed by atoms with Crippen molar-refractivity contribution in [2.45, 2.75) is 30.7 Å². The smallest absolute Gasteiger partial charge is 0.229 e. The summed E-state index contributed by atoms with van der Waals surface area (Å²) >= 11 is 0. The van der Waals surface area contributed by atoms with Gasteiger partial charge in [-0.2, -0.15) is 0 Å². The summed E-state index contributed by atoms with van der Waals surface area (Å²) in [5.74, 6) is 0.638. The lowest BCUT2D eigenvalue weighted by molar-refractivity contribution is -0.277. The van der Waals surface area contributed by atoms with E-state index in [0.717, 1.165) is 0 Å². The molecule has 11 nitrogen and oxygen atoms in total. The standard InChI is InChI=1S/C24H26O11/c1-30-12-6-4-11(5-7-12)13-10-33-14-8-15(22(31-2)23(32-3)17(14)18(13)26)34-24-21(29)20(28)19(27)16(9-25)35-24/h4-8,10,16,19-21,24-25,27-29H,9H2,1-3H3/t16-,19-,20+,21-,24-/m1/s1. The van der Waals surface area contributed by atoms with Crippen LogP contribution in [0.1, 0.15) is 0 Å². The number of fused-ring (bicyclic) bond motifs is 1. The van der Waals surface area contributed by atoms with Crippen LogP contribution in [-0.4, -0.2) is 79.1 Å². The number of ether oxygens (including phenoxy) is 5. The third-order valence-corrected chi connectivity index (χ3v) is 5.84. The summed E-state index contributed by atoms with van der Waals surface area (Å²) in [6.45, 7) is -0.619. The molecule has 5 atom stereocenters. The largest absolute Gasteiger partial charge is 0.497 e. The van der Waals surface area contributed by atoms with Crippen molar-refractivity contribution in [2.75, 3.05) is 27.9 Å². The molecular weight excluding hydrogens is 464 g/mol. The quantitative estimate of drug-likeness (QED) is 0.369. The Hall–Kier alpha value is -3.35. The molecule has 4 N–H and O–H groups in total. The van der Waals surface area contributed by atoms with Crippen molar-refractivity contribution >= 4 is 11.0 Å². The SMILES string of the molecule is COc1ccc(-c2coc3cc(O[C@@H]4O[C@H](CO)[C@@H](O)[C@H](O)[C@H]4O)c(OC)c(OC)c3c2=O)cc1. The zero-order valence-electron chi connectivity index (χ0n) is 19.2. The van der Waals surface area contributed by atoms with Crippen molar-refractivity contribution < 1.29 is 48.5 Å². The fourth-order valence-electron chi connectivity index (χ4n) is 3.95. The summed E-state index contributed by atoms with van der Waals surface area (Å²) in [6.07, 6.45) is -6.18. The van der Waals surface area contributed by atoms with Crippen molar-refractivity contribution in [3.63, 3.8) is 0 Å². The predicted molar refractivity (Wildman–Crippen MR) is 122 cm³/mol. The van der Waals surface area contributed by atoms with Gasteiger partial charge in [-0.15, -0.1) is 0 Å². The van der Waals surface area contributed by atoms with Crippen LogP contribution in [0.5, 0.6) is 23.0 Å². The number of rotatable bonds is 7. The van der Waals surface area contributed by atoms with Gasteiger partial charge in [-0.1, -0.05) is 12.1 Å². The van der Waals surface area contributed by atoms with Crippen LogP contribution in [0.2, 0.25) is 0 Å². The second kappa shape index (κ2) is 10.1. The first-order valence-electron chi connectivity index (χ1n) is 10.7. The van der Waals surface area contributed by atoms with Gasteiger partial charge in [0, 0.05) is 6.07 Å². The normalized spacial score (nSPS) is 24.3. The Labute approximate surface area is 199 Å². The van der Waals surface area contributed by atoms with E-state index in [4.69, 9.17) is 28.1 Å². The lowest BCUT2D eigenvalue weighted by atomic mass is 9.99. The van der Waals surface area contributed by atoms with E-state index in [-0.39, 0.29) is 39.2 Å². The molecule has 3 aromatic rings. The van der Waals surface area contributed by atoms with E-state index in [9.17, 15) is 25.2 Å². The highest BCUT2D eigenvalue weighted by molar-refractivity contribution is 5.91. The Balaban J connectivity index is 1.79. The lowest BCUT2D eigenvalue weighted by Gasteiger charge is -2.39. The first kappa shape index (κ1) is 24.8. The van der Waals surface area contributed by atoms with Gasteiger partial charge < -0.3 is 48.5 Å². The van der Waals surface area contributed by atoms with Crippen molar-refractivity contribution in [1.82, 2.24) is 0 Å². The van der Waals surface area contributed by atoms with Gasteiger partial charge in [-0.3, -0.25) is 4.79 Å². The van der Waals surface area contributed by atoms with Crippen LogP contribution in [0.4, 0.5) is 0 Å². The number of benzene rings is 2. The Bertz CT molecular complexity index is 1230. The van der Waals surface area contributed by atoms with Gasteiger partial charge in [-0.05, 0) is 17.7 Å². The van der Waals surface area contributed by atoms with Crippen LogP contribution in [0.15, 0.2) is 45.8 Å². The summed E-state index contributed by atoms with van der Waals surface area (Å²) < 4.78 is 33.0. The van der Waals surface area contributed by atoms with Crippen molar-refractivity contribution in [3.8, 4) is 34.1 Å². The Morgan fingerprint density at radius 3 is 2.20 bits per heavy atom. The Morgan fingerprint density at radius 1 is 0.914 bits per heavy atom. The third-order valence-electron chi connectivity index (χ3n) is 5.84. The molecule has 0 bridgehead atoms. The minimum absolute atomic E-state index is 0.0103. The second-order valence-corrected chi connectivity index (χ2v) is 7.84. The molecule has 1 fully saturated rings. The summed E-state index contributed by atoms with van der Waals surface area (Å²) in [6, 6.07) is 8.23. The van der Waals surface area contributed by atoms with Crippen LogP contribution < -0.4 is 24.4 Å². The van der Waals surface area contributed by atoms with Crippen molar-refractivity contribution in [2.24, 2.45) is 0 Å². The number of hydrogen-bond acceptors (Lipinski definition) is 11. The van der Waals surface area contributed by atoms with E-state index >= 15 is 0 Å². The lowest BCUT2D eigenvalue weighted by Crippen LogP contribution is -2.60. The number of methoxy groups -OCH3 is 3. The van der Waals surface area contributed by atoms with Crippen molar-refractivity contribution in [1.29, 1.82) is 0 Å². The van der Waals surface area contributed by atoms with Gasteiger partial charge in [0.15, 0.2) is 11.5 Å². The zero-order chi connectivity index (χ0) is 25.3. The maximum absolute atomic E-state index is 13.4. The molecule has 1 aliphatic heterocycles. The van der Waals surface area contributed by atoms with E-state index in [1.165, 1.54) is 26.5 Å². The predicted octanol–water partition coefficient (Wildman–Crippen LogP) is 0.664. The molecule has 0 saturated carbocycles. The molecule has 1 aliphatic rings. The number of aliphatic hydroxyl groups excluding tert-OH is 4. The van der Waals surface area contributed by atoms with E-state index in [1.807, 2.05) is 0 Å². The van der Waals surface area contributed by atoms with Crippen LogP contribution >= 0.6 is 0 Å². The molecular formula is C24H26O11. The first-order chi connectivity index (χ1) is 16.8. The van der Waals surface area contributed by atoms with Crippen LogP contribution in [0, 0.1) is 0 Å². The summed E-state index contributed by atoms with van der Waals surface area (Å²) in [7, 11) is 4.22. The highest BCUT2D eigenvalue weighted by atomic mass is 16.7. The summed E-state index contributed by atoms with van der Waals surface area (Å²) in [4.78, 5) is 13.4. The van der Waals surface area contributed by atoms with Crippen LogP contribution in [0.3, 0.4) is 0 Å². The molecule has 0 aliphatic carbocycles. The zero-order valence-corrected chi connectivity index (χ0v) is 19.2. The molecule has 11 heteroatoms. The minimum atomic E-state index is -1.65. The molecule has 0 spiro atoms. The Morgan fingerprint density at radius 2 is 1.60 bits per heavy atom. The second-order valence-electron chi connectivity index (χ2n) is 7.84. The maximum atomic E-state index is 13.4. The molecule has 0 amide bonds. The molecule has 1 saturated heterocycles. The summed E-state index contributed by atoms with van der Waals surface area (Å²) in [5, 5.41) is 39.9. The van der Waals surface area contributed by atoms with Gasteiger partial charge in [0.25, 0.3) is 0 Å². The van der Waals surface area contributed by atoms with Gasteiger partial charge in [-0.25, -0.2) is 0 Å². The molecule has 35 heavy (non-hydrogen) atoms. The molecule has 1 aromatic heterocycles. The highest BCUT2D eigenvalue weighted by Gasteiger charge is 2.45. The topological polar surface area (TPSA) is 157 Å². The number of hydrogen-bond donors (Lipinski definition) is 4. The maximum Gasteiger partial charge on any atom is 0.229 e. The van der Waals surface area contributed by atoms with Gasteiger partial charge in [0.2, 0.25) is 17.5 Å². The van der Waals surface area contributed by atoms with Crippen LogP contribution in [-0.2, 0) is 4.74 Å². The minimum Gasteiger partial charge on any atom is -0.497 e. The van der Waals surface area contributed by atoms with E-state index < -0.39 is 37.3 Å². The molecule has 2 aromatic carbocycles. The summed E-state index contributed by atoms with van der Waals surface area (Å²) in [5.41, 5.74) is 0.600. The van der Waals surface area contributed by atoms with Crippen molar-refractivity contribution in [3.05, 3.63) is 46.8 Å². The van der Waals surface area contributed by atoms with E-state index in [0.29, 0.717) is 11.3 Å². The molecule has 0 unspecified atom stereocenters. The average Bonchev–Trinajstić information content (AvgIpc) is 2.88. The van der Waals surface area contributed by atoms with Gasteiger partial charge in [0.1, 0.15) is 47.4 Å². The molecule has 0 radical (unpaired) electrons. The average molecular weight is 490 g/mol. The first-order valence-corrected chi connectivity index (χ1v) is 10.7. The van der Waals surface area contributed by atoms with Gasteiger partial charge >= 0.3 is 0 Å². The molecule has 2 heterocycles. The number of aliphatic hydroxyl groups is 4. The van der Waals surface area contributed by atoms with Gasteiger partial charge in [0.05, 0.1) is 33.5 Å². The molecule has 4 rings (SSSR count).